The number of piperidine rings is 1. The van der Waals surface area contributed by atoms with Gasteiger partial charge in [0.2, 0.25) is 0 Å². The lowest BCUT2D eigenvalue weighted by Crippen LogP contribution is -2.49. The van der Waals surface area contributed by atoms with Crippen LogP contribution in [0.25, 0.3) is 0 Å². The Labute approximate surface area is 160 Å². The smallest absolute Gasteiger partial charge is 0.169 e. The second kappa shape index (κ2) is 9.48. The van der Waals surface area contributed by atoms with E-state index in [1.165, 1.54) is 6.07 Å². The number of allylic oxidation sites excluding steroid dienone is 2. The Hall–Kier alpha value is -2.21. The number of nitrogens with one attached hydrogen (secondary N) is 3. The minimum atomic E-state index is -3.14. The largest absolute Gasteiger partial charge is 0.359 e. The van der Waals surface area contributed by atoms with Crippen LogP contribution in [-0.4, -0.2) is 39.9 Å². The van der Waals surface area contributed by atoms with E-state index in [0.717, 1.165) is 25.9 Å². The van der Waals surface area contributed by atoms with Crippen LogP contribution >= 0.6 is 12.2 Å². The first-order valence-corrected chi connectivity index (χ1v) is 10.3. The first kappa shape index (κ1) is 20.1. The topological polar surface area (TPSA) is 92.0 Å². The molecule has 0 bridgehead atoms. The minimum absolute atomic E-state index is 0.0227. The van der Waals surface area contributed by atoms with Gasteiger partial charge in [0, 0.05) is 25.7 Å². The molecule has 26 heavy (non-hydrogen) atoms. The molecule has 3 N–H and O–H groups in total. The van der Waals surface area contributed by atoms with E-state index in [4.69, 9.17) is 22.3 Å². The van der Waals surface area contributed by atoms with Crippen LogP contribution in [0.4, 0.5) is 0 Å². The number of nitriles is 1. The summed E-state index contributed by atoms with van der Waals surface area (Å²) in [5, 5.41) is 12.8. The van der Waals surface area contributed by atoms with Gasteiger partial charge in [-0.15, -0.1) is 0 Å². The number of hydrogen-bond acceptors (Lipinski definition) is 4. The molecule has 1 saturated heterocycles. The summed E-state index contributed by atoms with van der Waals surface area (Å²) in [6.07, 6.45) is 7.01. The van der Waals surface area contributed by atoms with Gasteiger partial charge in [0.05, 0.1) is 16.5 Å². The third-order valence-corrected chi connectivity index (χ3v) is 6.04. The zero-order valence-electron chi connectivity index (χ0n) is 14.5. The van der Waals surface area contributed by atoms with Gasteiger partial charge in [-0.3, -0.25) is 0 Å². The van der Waals surface area contributed by atoms with Crippen LogP contribution in [-0.2, 0) is 9.92 Å². The quantitative estimate of drug-likeness (QED) is 0.514. The number of hydrogen-bond donors (Lipinski definition) is 3. The van der Waals surface area contributed by atoms with Crippen LogP contribution in [0.3, 0.4) is 0 Å². The molecular formula is C18H23N5OS2. The number of nitrogens with zero attached hydrogens (tertiary/aromatic N) is 2. The van der Waals surface area contributed by atoms with Crippen molar-refractivity contribution in [1.82, 2.24) is 14.9 Å². The van der Waals surface area contributed by atoms with E-state index >= 15 is 0 Å². The van der Waals surface area contributed by atoms with Crippen LogP contribution < -0.4 is 10.0 Å². The van der Waals surface area contributed by atoms with Crippen LogP contribution in [0.15, 0.2) is 54.0 Å². The Morgan fingerprint density at radius 3 is 2.88 bits per heavy atom. The van der Waals surface area contributed by atoms with E-state index in [1.54, 1.807) is 24.3 Å². The first-order chi connectivity index (χ1) is 12.5. The first-order valence-electron chi connectivity index (χ1n) is 8.33. The highest BCUT2D eigenvalue weighted by atomic mass is 32.2. The molecule has 1 atom stereocenters. The summed E-state index contributed by atoms with van der Waals surface area (Å²) >= 11 is 5.39. The zero-order valence-corrected chi connectivity index (χ0v) is 16.1. The predicted molar refractivity (Wildman–Crippen MR) is 108 cm³/mol. The molecule has 0 amide bonds. The summed E-state index contributed by atoms with van der Waals surface area (Å²) in [4.78, 5) is 2.42. The van der Waals surface area contributed by atoms with E-state index in [9.17, 15) is 4.21 Å². The molecule has 8 heteroatoms. The van der Waals surface area contributed by atoms with Crippen LogP contribution in [0.1, 0.15) is 18.4 Å². The molecule has 0 aliphatic carbocycles. The molecule has 1 aliphatic heterocycles. The van der Waals surface area contributed by atoms with E-state index in [0.29, 0.717) is 22.1 Å². The molecular weight excluding hydrogens is 366 g/mol. The summed E-state index contributed by atoms with van der Waals surface area (Å²) in [5.41, 5.74) is 0.404. The van der Waals surface area contributed by atoms with Gasteiger partial charge >= 0.3 is 0 Å². The van der Waals surface area contributed by atoms with Gasteiger partial charge in [-0.2, -0.15) is 5.26 Å². The third-order valence-electron chi connectivity index (χ3n) is 4.05. The molecule has 6 nitrogen and oxygen atoms in total. The zero-order chi connectivity index (χ0) is 19.0. The molecule has 1 aromatic rings. The van der Waals surface area contributed by atoms with E-state index in [1.807, 2.05) is 18.2 Å². The SMILES string of the molecule is C=CC=CCNC(=S)N1CCC(NS(=N)(=O)c2cccc(C#N)c2)CC1. The number of thiocarbonyl (C=S) groups is 1. The Morgan fingerprint density at radius 2 is 2.23 bits per heavy atom. The molecule has 1 fully saturated rings. The summed E-state index contributed by atoms with van der Waals surface area (Å²) in [7, 11) is -3.14. The fraction of sp³-hybridized carbons (Fsp3) is 0.333. The maximum atomic E-state index is 12.7. The normalized spacial score (nSPS) is 17.4. The Balaban J connectivity index is 1.88. The van der Waals surface area contributed by atoms with Crippen molar-refractivity contribution in [3.63, 3.8) is 0 Å². The van der Waals surface area contributed by atoms with Crippen molar-refractivity contribution in [3.8, 4) is 6.07 Å². The highest BCUT2D eigenvalue weighted by Gasteiger charge is 2.24. The van der Waals surface area contributed by atoms with Crippen molar-refractivity contribution >= 4 is 27.2 Å². The Kier molecular flexibility index (Phi) is 7.33. The second-order valence-corrected chi connectivity index (χ2v) is 8.13. The Morgan fingerprint density at radius 1 is 1.50 bits per heavy atom. The number of benzene rings is 1. The maximum Gasteiger partial charge on any atom is 0.169 e. The van der Waals surface area contributed by atoms with E-state index in [2.05, 4.69) is 21.5 Å². The second-order valence-electron chi connectivity index (χ2n) is 5.92. The monoisotopic (exact) mass is 389 g/mol. The van der Waals surface area contributed by atoms with Crippen LogP contribution in [0.2, 0.25) is 0 Å². The minimum Gasteiger partial charge on any atom is -0.359 e. The van der Waals surface area contributed by atoms with Crippen LogP contribution in [0.5, 0.6) is 0 Å². The molecule has 2 rings (SSSR count). The molecule has 138 valence electrons. The highest BCUT2D eigenvalue weighted by molar-refractivity contribution is 7.90. The number of rotatable bonds is 6. The van der Waals surface area contributed by atoms with Gasteiger partial charge in [0.25, 0.3) is 0 Å². The summed E-state index contributed by atoms with van der Waals surface area (Å²) in [6, 6.07) is 8.40. The molecule has 1 unspecified atom stereocenters. The van der Waals surface area contributed by atoms with Gasteiger partial charge in [-0.05, 0) is 43.3 Å². The standard InChI is InChI=1S/C18H23N5OS2/c1-2-3-4-10-21-18(25)23-11-8-16(9-12-23)22-26(20,24)17-7-5-6-15(13-17)14-19/h2-7,13,16H,1,8-12H2,(H,21,25)(H2,20,22,24). The van der Waals surface area contributed by atoms with Crippen molar-refractivity contribution < 1.29 is 4.21 Å². The van der Waals surface area contributed by atoms with Gasteiger partial charge in [0.1, 0.15) is 9.92 Å². The molecule has 1 heterocycles. The van der Waals surface area contributed by atoms with Gasteiger partial charge in [-0.1, -0.05) is 30.9 Å². The van der Waals surface area contributed by atoms with E-state index in [-0.39, 0.29) is 6.04 Å². The van der Waals surface area contributed by atoms with Gasteiger partial charge in [-0.25, -0.2) is 13.7 Å². The van der Waals surface area contributed by atoms with Crippen LogP contribution in [0, 0.1) is 16.1 Å². The highest BCUT2D eigenvalue weighted by Crippen LogP contribution is 2.16. The van der Waals surface area contributed by atoms with Crippen molar-refractivity contribution in [1.29, 1.82) is 10.0 Å². The van der Waals surface area contributed by atoms with Crippen molar-refractivity contribution in [2.75, 3.05) is 19.6 Å². The van der Waals surface area contributed by atoms with Gasteiger partial charge in [0.15, 0.2) is 5.11 Å². The lowest BCUT2D eigenvalue weighted by molar-refractivity contribution is 0.301. The fourth-order valence-electron chi connectivity index (χ4n) is 2.67. The molecule has 1 aromatic carbocycles. The van der Waals surface area contributed by atoms with Crippen molar-refractivity contribution in [3.05, 3.63) is 54.6 Å². The lowest BCUT2D eigenvalue weighted by atomic mass is 10.1. The summed E-state index contributed by atoms with van der Waals surface area (Å²) < 4.78 is 23.9. The average Bonchev–Trinajstić information content (AvgIpc) is 2.65. The molecule has 1 aliphatic rings. The lowest BCUT2D eigenvalue weighted by Gasteiger charge is -2.34. The van der Waals surface area contributed by atoms with Crippen molar-refractivity contribution in [2.24, 2.45) is 0 Å². The maximum absolute atomic E-state index is 12.7. The third kappa shape index (κ3) is 5.66. The summed E-state index contributed by atoms with van der Waals surface area (Å²) in [5.74, 6) is 0. The predicted octanol–water partition coefficient (Wildman–Crippen LogP) is 2.55. The Bertz CT molecular complexity index is 818. The molecule has 0 aromatic heterocycles. The van der Waals surface area contributed by atoms with Crippen molar-refractivity contribution in [2.45, 2.75) is 23.8 Å². The molecule has 0 radical (unpaired) electrons. The van der Waals surface area contributed by atoms with E-state index < -0.39 is 9.92 Å². The fourth-order valence-corrected chi connectivity index (χ4v) is 4.34. The molecule has 0 spiro atoms. The van der Waals surface area contributed by atoms with Gasteiger partial charge < -0.3 is 10.2 Å². The molecule has 0 saturated carbocycles. The average molecular weight is 390 g/mol. The summed E-state index contributed by atoms with van der Waals surface area (Å²) in [6.45, 7) is 5.75. The number of likely N-dealkylation sites (tertiary alicyclic amines) is 1.